The summed E-state index contributed by atoms with van der Waals surface area (Å²) in [5, 5.41) is 0. The van der Waals surface area contributed by atoms with Gasteiger partial charge in [0.15, 0.2) is 5.78 Å². The summed E-state index contributed by atoms with van der Waals surface area (Å²) in [6, 6.07) is 6.31. The third-order valence-corrected chi connectivity index (χ3v) is 6.11. The predicted octanol–water partition coefficient (Wildman–Crippen LogP) is 5.25. The number of hydrogen-bond donors (Lipinski definition) is 1. The summed E-state index contributed by atoms with van der Waals surface area (Å²) in [5.41, 5.74) is 3.45. The second kappa shape index (κ2) is 7.90. The molecule has 2 aliphatic rings. The van der Waals surface area contributed by atoms with Crippen LogP contribution in [0.15, 0.2) is 24.3 Å². The van der Waals surface area contributed by atoms with Crippen LogP contribution in [-0.4, -0.2) is 22.8 Å². The Morgan fingerprint density at radius 2 is 1.75 bits per heavy atom. The number of halogens is 1. The number of aromatic nitrogens is 1. The van der Waals surface area contributed by atoms with Crippen molar-refractivity contribution in [3.63, 3.8) is 0 Å². The largest absolute Gasteiger partial charge is 0.458 e. The fraction of sp³-hybridized carbons (Fsp3) is 0.478. The van der Waals surface area contributed by atoms with Crippen LogP contribution in [0.1, 0.15) is 88.5 Å². The van der Waals surface area contributed by atoms with Crippen LogP contribution in [0.5, 0.6) is 0 Å². The smallest absolute Gasteiger partial charge is 0.355 e. The first-order valence-electron chi connectivity index (χ1n) is 10.2. The zero-order chi connectivity index (χ0) is 19.7. The van der Waals surface area contributed by atoms with Gasteiger partial charge in [0.25, 0.3) is 0 Å². The van der Waals surface area contributed by atoms with Crippen LogP contribution >= 0.6 is 0 Å². The Hall–Kier alpha value is -2.43. The van der Waals surface area contributed by atoms with Gasteiger partial charge < -0.3 is 9.72 Å². The maximum atomic E-state index is 13.2. The van der Waals surface area contributed by atoms with E-state index in [-0.39, 0.29) is 29.6 Å². The van der Waals surface area contributed by atoms with Crippen LogP contribution in [0.4, 0.5) is 4.39 Å². The average Bonchev–Trinajstić information content (AvgIpc) is 2.84. The second-order valence-electron chi connectivity index (χ2n) is 8.08. The van der Waals surface area contributed by atoms with Gasteiger partial charge in [0.05, 0.1) is 0 Å². The van der Waals surface area contributed by atoms with Crippen molar-refractivity contribution in [1.82, 2.24) is 4.98 Å². The van der Waals surface area contributed by atoms with Crippen molar-refractivity contribution in [3.8, 4) is 0 Å². The number of ether oxygens (including phenoxy) is 1. The highest BCUT2D eigenvalue weighted by atomic mass is 19.1. The molecule has 0 bridgehead atoms. The molecule has 0 aliphatic heterocycles. The SMILES string of the molecule is Cc1c(C(=O)OC2CCCCCC2)[nH]c2c1C(=O)C[C@H](c1ccc(F)cc1)C2. The minimum atomic E-state index is -0.357. The van der Waals surface area contributed by atoms with E-state index in [1.807, 2.05) is 6.92 Å². The maximum Gasteiger partial charge on any atom is 0.355 e. The van der Waals surface area contributed by atoms with Gasteiger partial charge in [0.2, 0.25) is 0 Å². The fourth-order valence-electron chi connectivity index (χ4n) is 4.58. The summed E-state index contributed by atoms with van der Waals surface area (Å²) in [7, 11) is 0. The number of benzene rings is 1. The minimum Gasteiger partial charge on any atom is -0.458 e. The molecular weight excluding hydrogens is 357 g/mol. The first-order valence-corrected chi connectivity index (χ1v) is 10.2. The third kappa shape index (κ3) is 3.75. The minimum absolute atomic E-state index is 0.00984. The highest BCUT2D eigenvalue weighted by Crippen LogP contribution is 2.35. The predicted molar refractivity (Wildman–Crippen MR) is 104 cm³/mol. The van der Waals surface area contributed by atoms with E-state index in [4.69, 9.17) is 4.74 Å². The number of rotatable bonds is 3. The number of ketones is 1. The second-order valence-corrected chi connectivity index (χ2v) is 8.08. The van der Waals surface area contributed by atoms with Gasteiger partial charge in [0.1, 0.15) is 17.6 Å². The van der Waals surface area contributed by atoms with Gasteiger partial charge in [0, 0.05) is 17.7 Å². The van der Waals surface area contributed by atoms with E-state index in [9.17, 15) is 14.0 Å². The number of aromatic amines is 1. The van der Waals surface area contributed by atoms with Gasteiger partial charge >= 0.3 is 5.97 Å². The van der Waals surface area contributed by atoms with Crippen molar-refractivity contribution in [1.29, 1.82) is 0 Å². The topological polar surface area (TPSA) is 59.2 Å². The Kier molecular flexibility index (Phi) is 5.33. The van der Waals surface area contributed by atoms with Crippen LogP contribution in [0, 0.1) is 12.7 Å². The molecule has 1 saturated carbocycles. The Morgan fingerprint density at radius 3 is 2.43 bits per heavy atom. The number of nitrogens with one attached hydrogen (secondary N) is 1. The Bertz CT molecular complexity index is 876. The molecule has 2 aromatic rings. The average molecular weight is 383 g/mol. The summed E-state index contributed by atoms with van der Waals surface area (Å²) in [4.78, 5) is 28.7. The van der Waals surface area contributed by atoms with Gasteiger partial charge in [-0.15, -0.1) is 0 Å². The monoisotopic (exact) mass is 383 g/mol. The fourth-order valence-corrected chi connectivity index (χ4v) is 4.58. The molecule has 4 nitrogen and oxygen atoms in total. The molecule has 1 heterocycles. The highest BCUT2D eigenvalue weighted by Gasteiger charge is 2.32. The molecule has 1 fully saturated rings. The van der Waals surface area contributed by atoms with Crippen LogP contribution in [0.3, 0.4) is 0 Å². The Labute approximate surface area is 164 Å². The summed E-state index contributed by atoms with van der Waals surface area (Å²) in [5.74, 6) is -0.627. The summed E-state index contributed by atoms with van der Waals surface area (Å²) < 4.78 is 19.0. The normalized spacial score (nSPS) is 20.5. The molecule has 0 spiro atoms. The molecule has 5 heteroatoms. The third-order valence-electron chi connectivity index (χ3n) is 6.11. The van der Waals surface area contributed by atoms with Crippen LogP contribution < -0.4 is 0 Å². The van der Waals surface area contributed by atoms with Crippen molar-refractivity contribution >= 4 is 11.8 Å². The molecule has 28 heavy (non-hydrogen) atoms. The molecule has 1 aromatic heterocycles. The van der Waals surface area contributed by atoms with Gasteiger partial charge in [-0.2, -0.15) is 0 Å². The van der Waals surface area contributed by atoms with Gasteiger partial charge in [-0.05, 0) is 68.2 Å². The first-order chi connectivity index (χ1) is 13.5. The van der Waals surface area contributed by atoms with E-state index in [0.29, 0.717) is 29.7 Å². The first kappa shape index (κ1) is 18.9. The molecule has 4 rings (SSSR count). The van der Waals surface area contributed by atoms with Crippen LogP contribution in [0.25, 0.3) is 0 Å². The molecular formula is C23H26FNO3. The van der Waals surface area contributed by atoms with Crippen molar-refractivity contribution in [2.24, 2.45) is 0 Å². The highest BCUT2D eigenvalue weighted by molar-refractivity contribution is 6.03. The van der Waals surface area contributed by atoms with Crippen molar-refractivity contribution in [2.75, 3.05) is 0 Å². The number of Topliss-reactive ketones (excluding diaryl/α,β-unsaturated/α-hetero) is 1. The van der Waals surface area contributed by atoms with Crippen LogP contribution in [-0.2, 0) is 11.2 Å². The van der Waals surface area contributed by atoms with E-state index < -0.39 is 0 Å². The van der Waals surface area contributed by atoms with Gasteiger partial charge in [-0.1, -0.05) is 25.0 Å². The summed E-state index contributed by atoms with van der Waals surface area (Å²) >= 11 is 0. The van der Waals surface area contributed by atoms with Gasteiger partial charge in [-0.25, -0.2) is 9.18 Å². The summed E-state index contributed by atoms with van der Waals surface area (Å²) in [6.45, 7) is 1.81. The zero-order valence-electron chi connectivity index (χ0n) is 16.2. The van der Waals surface area contributed by atoms with E-state index in [1.165, 1.54) is 25.0 Å². The molecule has 1 N–H and O–H groups in total. The molecule has 0 amide bonds. The van der Waals surface area contributed by atoms with Crippen molar-refractivity contribution in [2.45, 2.75) is 70.3 Å². The summed E-state index contributed by atoms with van der Waals surface area (Å²) in [6.07, 6.45) is 7.38. The van der Waals surface area contributed by atoms with Crippen molar-refractivity contribution in [3.05, 3.63) is 58.2 Å². The molecule has 0 unspecified atom stereocenters. The van der Waals surface area contributed by atoms with E-state index in [1.54, 1.807) is 12.1 Å². The quantitative estimate of drug-likeness (QED) is 0.581. The maximum absolute atomic E-state index is 13.2. The number of esters is 1. The molecule has 148 valence electrons. The molecule has 1 aromatic carbocycles. The number of fused-ring (bicyclic) bond motifs is 1. The Balaban J connectivity index is 1.54. The standard InChI is InChI=1S/C23H26FNO3/c1-14-21-19(12-16(13-20(21)26)15-8-10-17(24)11-9-15)25-22(14)23(27)28-18-6-4-2-3-5-7-18/h8-11,16,18,25H,2-7,12-13H2,1H3/t16-/m1/s1. The van der Waals surface area contributed by atoms with E-state index in [0.717, 1.165) is 36.9 Å². The lowest BCUT2D eigenvalue weighted by molar-refractivity contribution is 0.0260. The van der Waals surface area contributed by atoms with E-state index >= 15 is 0 Å². The number of carbonyl (C=O) groups excluding carboxylic acids is 2. The lowest BCUT2D eigenvalue weighted by atomic mass is 9.81. The molecule has 0 saturated heterocycles. The van der Waals surface area contributed by atoms with Crippen molar-refractivity contribution < 1.29 is 18.7 Å². The molecule has 0 radical (unpaired) electrons. The Morgan fingerprint density at radius 1 is 1.07 bits per heavy atom. The molecule has 2 aliphatic carbocycles. The number of carbonyl (C=O) groups is 2. The molecule has 1 atom stereocenters. The van der Waals surface area contributed by atoms with Crippen LogP contribution in [0.2, 0.25) is 0 Å². The number of H-pyrrole nitrogens is 1. The number of hydrogen-bond acceptors (Lipinski definition) is 3. The lowest BCUT2D eigenvalue weighted by Gasteiger charge is -2.22. The van der Waals surface area contributed by atoms with E-state index in [2.05, 4.69) is 4.98 Å². The zero-order valence-corrected chi connectivity index (χ0v) is 16.2. The van der Waals surface area contributed by atoms with Gasteiger partial charge in [-0.3, -0.25) is 4.79 Å². The lowest BCUT2D eigenvalue weighted by Crippen LogP contribution is -2.18.